The largest absolute Gasteiger partial charge is 0.434 e. The molecule has 1 heterocycles. The molecule has 0 bridgehead atoms. The first kappa shape index (κ1) is 17.1. The van der Waals surface area contributed by atoms with E-state index in [4.69, 9.17) is 0 Å². The van der Waals surface area contributed by atoms with Crippen LogP contribution in [-0.2, 0) is 16.8 Å². The molecule has 0 radical (unpaired) electrons. The Morgan fingerprint density at radius 2 is 2.09 bits per heavy atom. The summed E-state index contributed by atoms with van der Waals surface area (Å²) in [6.45, 7) is -0.688. The smallest absolute Gasteiger partial charge is 0.387 e. The minimum absolute atomic E-state index is 0.0214. The molecular weight excluding hydrogens is 314 g/mol. The summed E-state index contributed by atoms with van der Waals surface area (Å²) in [5.74, 6) is -0.0214. The lowest BCUT2D eigenvalue weighted by Crippen LogP contribution is -2.47. The van der Waals surface area contributed by atoms with Gasteiger partial charge in [-0.25, -0.2) is 0 Å². The van der Waals surface area contributed by atoms with Gasteiger partial charge in [0, 0.05) is 24.7 Å². The first-order chi connectivity index (χ1) is 10.4. The molecule has 124 valence electrons. The number of alkyl halides is 2. The van der Waals surface area contributed by atoms with Gasteiger partial charge in [-0.05, 0) is 25.8 Å². The quantitative estimate of drug-likeness (QED) is 0.869. The molecule has 1 aliphatic rings. The fourth-order valence-electron chi connectivity index (χ4n) is 2.54. The van der Waals surface area contributed by atoms with E-state index in [1.807, 2.05) is 6.92 Å². The summed E-state index contributed by atoms with van der Waals surface area (Å²) < 4.78 is 57.6. The highest BCUT2D eigenvalue weighted by Crippen LogP contribution is 2.22. The third kappa shape index (κ3) is 4.37. The molecule has 0 unspecified atom stereocenters. The van der Waals surface area contributed by atoms with Crippen molar-refractivity contribution in [3.8, 4) is 5.75 Å². The van der Waals surface area contributed by atoms with Crippen molar-refractivity contribution >= 4 is 10.2 Å². The van der Waals surface area contributed by atoms with Crippen LogP contribution in [0.5, 0.6) is 5.75 Å². The van der Waals surface area contributed by atoms with Crippen LogP contribution in [0.3, 0.4) is 0 Å². The molecule has 1 N–H and O–H groups in total. The second-order valence-electron chi connectivity index (χ2n) is 5.27. The van der Waals surface area contributed by atoms with E-state index in [0.29, 0.717) is 12.1 Å². The number of hydrogen-bond donors (Lipinski definition) is 1. The fraction of sp³-hybridized carbons (Fsp3) is 0.571. The SMILES string of the molecule is C[C@H]1CCCCN1S(=O)(=O)NCc1ccccc1OC(F)F. The van der Waals surface area contributed by atoms with E-state index in [1.54, 1.807) is 18.2 Å². The van der Waals surface area contributed by atoms with Crippen LogP contribution >= 0.6 is 0 Å². The molecule has 5 nitrogen and oxygen atoms in total. The van der Waals surface area contributed by atoms with E-state index >= 15 is 0 Å². The molecule has 0 aromatic heterocycles. The first-order valence-corrected chi connectivity index (χ1v) is 8.63. The minimum Gasteiger partial charge on any atom is -0.434 e. The number of benzene rings is 1. The Labute approximate surface area is 129 Å². The van der Waals surface area contributed by atoms with E-state index in [0.717, 1.165) is 19.3 Å². The number of hydrogen-bond acceptors (Lipinski definition) is 3. The van der Waals surface area contributed by atoms with Crippen LogP contribution in [0.25, 0.3) is 0 Å². The van der Waals surface area contributed by atoms with E-state index < -0.39 is 16.8 Å². The van der Waals surface area contributed by atoms with Gasteiger partial charge in [0.15, 0.2) is 0 Å². The Morgan fingerprint density at radius 1 is 1.36 bits per heavy atom. The highest BCUT2D eigenvalue weighted by molar-refractivity contribution is 7.87. The Kier molecular flexibility index (Phi) is 5.71. The van der Waals surface area contributed by atoms with Gasteiger partial charge in [0.25, 0.3) is 10.2 Å². The molecule has 22 heavy (non-hydrogen) atoms. The molecule has 1 aromatic carbocycles. The maximum Gasteiger partial charge on any atom is 0.387 e. The average molecular weight is 334 g/mol. The predicted molar refractivity (Wildman–Crippen MR) is 78.9 cm³/mol. The topological polar surface area (TPSA) is 58.6 Å². The highest BCUT2D eigenvalue weighted by atomic mass is 32.2. The highest BCUT2D eigenvalue weighted by Gasteiger charge is 2.29. The zero-order chi connectivity index (χ0) is 16.2. The third-order valence-electron chi connectivity index (χ3n) is 3.68. The van der Waals surface area contributed by atoms with Gasteiger partial charge >= 0.3 is 6.61 Å². The summed E-state index contributed by atoms with van der Waals surface area (Å²) in [6.07, 6.45) is 2.67. The molecule has 8 heteroatoms. The number of ether oxygens (including phenoxy) is 1. The van der Waals surface area contributed by atoms with Crippen LogP contribution in [0.2, 0.25) is 0 Å². The van der Waals surface area contributed by atoms with E-state index in [2.05, 4.69) is 9.46 Å². The normalized spacial score (nSPS) is 20.3. The van der Waals surface area contributed by atoms with Crippen molar-refractivity contribution in [1.29, 1.82) is 0 Å². The monoisotopic (exact) mass is 334 g/mol. The first-order valence-electron chi connectivity index (χ1n) is 7.19. The van der Waals surface area contributed by atoms with Gasteiger partial charge in [-0.15, -0.1) is 0 Å². The lowest BCUT2D eigenvalue weighted by atomic mass is 10.1. The van der Waals surface area contributed by atoms with E-state index in [-0.39, 0.29) is 18.3 Å². The Morgan fingerprint density at radius 3 is 2.77 bits per heavy atom. The number of halogens is 2. The zero-order valence-corrected chi connectivity index (χ0v) is 13.2. The van der Waals surface area contributed by atoms with Crippen LogP contribution < -0.4 is 9.46 Å². The van der Waals surface area contributed by atoms with Crippen molar-refractivity contribution < 1.29 is 21.9 Å². The van der Waals surface area contributed by atoms with Crippen LogP contribution in [0.4, 0.5) is 8.78 Å². The second kappa shape index (κ2) is 7.34. The van der Waals surface area contributed by atoms with E-state index in [1.165, 1.54) is 10.4 Å². The summed E-state index contributed by atoms with van der Waals surface area (Å²) >= 11 is 0. The fourth-order valence-corrected chi connectivity index (χ4v) is 3.99. The standard InChI is InChI=1S/C14H20F2N2O3S/c1-11-6-4-5-9-18(11)22(19,20)17-10-12-7-2-3-8-13(12)21-14(15)16/h2-3,7-8,11,14,17H,4-6,9-10H2,1H3/t11-/m0/s1. The predicted octanol–water partition coefficient (Wildman–Crippen LogP) is 2.50. The van der Waals surface area contributed by atoms with Gasteiger partial charge in [0.2, 0.25) is 0 Å². The maximum atomic E-state index is 12.3. The molecule has 1 saturated heterocycles. The summed E-state index contributed by atoms with van der Waals surface area (Å²) in [6, 6.07) is 6.09. The number of para-hydroxylation sites is 1. The van der Waals surface area contributed by atoms with Crippen molar-refractivity contribution in [3.05, 3.63) is 29.8 Å². The molecule has 0 amide bonds. The van der Waals surface area contributed by atoms with Gasteiger partial charge in [-0.1, -0.05) is 24.6 Å². The van der Waals surface area contributed by atoms with Crippen molar-refractivity contribution in [1.82, 2.24) is 9.03 Å². The zero-order valence-electron chi connectivity index (χ0n) is 12.3. The molecule has 0 saturated carbocycles. The van der Waals surface area contributed by atoms with Gasteiger partial charge in [-0.2, -0.15) is 26.2 Å². The average Bonchev–Trinajstić information content (AvgIpc) is 2.46. The maximum absolute atomic E-state index is 12.3. The number of piperidine rings is 1. The van der Waals surface area contributed by atoms with Crippen LogP contribution in [-0.4, -0.2) is 31.9 Å². The number of rotatable bonds is 6. The van der Waals surface area contributed by atoms with Gasteiger partial charge < -0.3 is 4.74 Å². The molecule has 1 atom stereocenters. The van der Waals surface area contributed by atoms with Crippen LogP contribution in [0.1, 0.15) is 31.7 Å². The Hall–Kier alpha value is -1.25. The second-order valence-corrected chi connectivity index (χ2v) is 6.98. The van der Waals surface area contributed by atoms with Gasteiger partial charge in [0.05, 0.1) is 0 Å². The molecule has 1 aromatic rings. The van der Waals surface area contributed by atoms with E-state index in [9.17, 15) is 17.2 Å². The van der Waals surface area contributed by atoms with Crippen molar-refractivity contribution in [3.63, 3.8) is 0 Å². The molecule has 0 aliphatic carbocycles. The molecule has 1 fully saturated rings. The third-order valence-corrected chi connectivity index (χ3v) is 5.35. The summed E-state index contributed by atoms with van der Waals surface area (Å²) in [7, 11) is -3.64. The molecule has 1 aliphatic heterocycles. The lowest BCUT2D eigenvalue weighted by molar-refractivity contribution is -0.0504. The minimum atomic E-state index is -3.64. The van der Waals surface area contributed by atoms with Crippen molar-refractivity contribution in [2.75, 3.05) is 6.54 Å². The van der Waals surface area contributed by atoms with Gasteiger partial charge in [0.1, 0.15) is 5.75 Å². The Balaban J connectivity index is 2.06. The number of nitrogens with one attached hydrogen (secondary N) is 1. The van der Waals surface area contributed by atoms with Crippen molar-refractivity contribution in [2.45, 2.75) is 45.4 Å². The lowest BCUT2D eigenvalue weighted by Gasteiger charge is -2.32. The molecular formula is C14H20F2N2O3S. The summed E-state index contributed by atoms with van der Waals surface area (Å²) in [5, 5.41) is 0. The molecule has 2 rings (SSSR count). The summed E-state index contributed by atoms with van der Waals surface area (Å²) in [5.41, 5.74) is 0.371. The van der Waals surface area contributed by atoms with Crippen LogP contribution in [0, 0.1) is 0 Å². The summed E-state index contributed by atoms with van der Waals surface area (Å²) in [4.78, 5) is 0. The van der Waals surface area contributed by atoms with Crippen molar-refractivity contribution in [2.24, 2.45) is 0 Å². The number of nitrogens with zero attached hydrogens (tertiary/aromatic N) is 1. The molecule has 0 spiro atoms. The Bertz CT molecular complexity index is 596. The van der Waals surface area contributed by atoms with Crippen LogP contribution in [0.15, 0.2) is 24.3 Å². The van der Waals surface area contributed by atoms with Gasteiger partial charge in [-0.3, -0.25) is 0 Å².